The van der Waals surface area contributed by atoms with E-state index in [9.17, 15) is 4.79 Å². The Morgan fingerprint density at radius 1 is 1.30 bits per heavy atom. The quantitative estimate of drug-likeness (QED) is 0.513. The lowest BCUT2D eigenvalue weighted by atomic mass is 10.2. The molecule has 3 rings (SSSR count). The summed E-state index contributed by atoms with van der Waals surface area (Å²) in [6.07, 6.45) is 4.47. The zero-order chi connectivity index (χ0) is 16.2. The Labute approximate surface area is 139 Å². The Kier molecular flexibility index (Phi) is 4.63. The summed E-state index contributed by atoms with van der Waals surface area (Å²) >= 11 is 5.84. The van der Waals surface area contributed by atoms with E-state index in [0.29, 0.717) is 10.7 Å². The van der Waals surface area contributed by atoms with E-state index in [1.54, 1.807) is 18.3 Å². The maximum atomic E-state index is 12.5. The maximum Gasteiger partial charge on any atom is 0.340 e. The van der Waals surface area contributed by atoms with Gasteiger partial charge >= 0.3 is 5.97 Å². The minimum Gasteiger partial charge on any atom is -0.457 e. The molecule has 5 heteroatoms. The Hall–Kier alpha value is -2.33. The lowest BCUT2D eigenvalue weighted by Gasteiger charge is -2.04. The highest BCUT2D eigenvalue weighted by Gasteiger charge is 2.16. The van der Waals surface area contributed by atoms with E-state index in [0.717, 1.165) is 29.4 Å². The molecule has 0 spiro atoms. The summed E-state index contributed by atoms with van der Waals surface area (Å²) in [7, 11) is 0. The Morgan fingerprint density at radius 3 is 2.91 bits per heavy atom. The average molecular weight is 329 g/mol. The van der Waals surface area contributed by atoms with Gasteiger partial charge in [0.1, 0.15) is 11.8 Å². The van der Waals surface area contributed by atoms with Crippen LogP contribution in [-0.2, 0) is 17.9 Å². The number of aryl methyl sites for hydroxylation is 1. The highest BCUT2D eigenvalue weighted by atomic mass is 35.5. The molecule has 0 bridgehead atoms. The van der Waals surface area contributed by atoms with Crippen LogP contribution in [0.25, 0.3) is 10.9 Å². The van der Waals surface area contributed by atoms with E-state index in [2.05, 4.69) is 16.5 Å². The second-order valence-corrected chi connectivity index (χ2v) is 5.70. The second kappa shape index (κ2) is 6.84. The number of carbonyl (C=O) groups excluding carboxylic acids is 1. The highest BCUT2D eigenvalue weighted by Crippen LogP contribution is 2.23. The number of carbonyl (C=O) groups is 1. The highest BCUT2D eigenvalue weighted by molar-refractivity contribution is 6.29. The van der Waals surface area contributed by atoms with Crippen LogP contribution in [0, 0.1) is 0 Å². The monoisotopic (exact) mass is 328 g/mol. The number of hydrogen-bond donors (Lipinski definition) is 0. The van der Waals surface area contributed by atoms with E-state index in [-0.39, 0.29) is 12.6 Å². The molecule has 0 aliphatic heterocycles. The van der Waals surface area contributed by atoms with Crippen molar-refractivity contribution in [2.45, 2.75) is 26.5 Å². The first-order valence-electron chi connectivity index (χ1n) is 7.54. The van der Waals surface area contributed by atoms with Gasteiger partial charge in [0.25, 0.3) is 0 Å². The molecule has 0 atom stereocenters. The molecule has 23 heavy (non-hydrogen) atoms. The van der Waals surface area contributed by atoms with Crippen LogP contribution in [0.4, 0.5) is 0 Å². The van der Waals surface area contributed by atoms with Gasteiger partial charge in [0.05, 0.1) is 5.56 Å². The molecule has 0 saturated carbocycles. The summed E-state index contributed by atoms with van der Waals surface area (Å²) in [5.41, 5.74) is 2.46. The molecule has 0 aliphatic rings. The third-order valence-corrected chi connectivity index (χ3v) is 3.84. The van der Waals surface area contributed by atoms with E-state index in [1.165, 1.54) is 0 Å². The van der Waals surface area contributed by atoms with Crippen LogP contribution in [0.2, 0.25) is 5.15 Å². The van der Waals surface area contributed by atoms with Crippen molar-refractivity contribution >= 4 is 28.5 Å². The summed E-state index contributed by atoms with van der Waals surface area (Å²) in [4.78, 5) is 16.4. The number of nitrogens with zero attached hydrogens (tertiary/aromatic N) is 2. The van der Waals surface area contributed by atoms with Crippen molar-refractivity contribution in [3.8, 4) is 0 Å². The summed E-state index contributed by atoms with van der Waals surface area (Å²) in [6.45, 7) is 3.15. The van der Waals surface area contributed by atoms with Crippen LogP contribution < -0.4 is 0 Å². The van der Waals surface area contributed by atoms with Gasteiger partial charge in [-0.2, -0.15) is 0 Å². The molecular weight excluding hydrogens is 312 g/mol. The molecule has 0 radical (unpaired) electrons. The Bertz CT molecular complexity index is 842. The van der Waals surface area contributed by atoms with Gasteiger partial charge in [0.2, 0.25) is 0 Å². The third kappa shape index (κ3) is 3.37. The predicted octanol–water partition coefficient (Wildman–Crippen LogP) is 4.46. The van der Waals surface area contributed by atoms with Crippen LogP contribution in [-0.4, -0.2) is 15.5 Å². The smallest absolute Gasteiger partial charge is 0.340 e. The molecule has 0 saturated heterocycles. The van der Waals surface area contributed by atoms with E-state index in [1.807, 2.05) is 30.5 Å². The number of aromatic nitrogens is 2. The van der Waals surface area contributed by atoms with Gasteiger partial charge in [0, 0.05) is 29.8 Å². The van der Waals surface area contributed by atoms with Gasteiger partial charge in [-0.1, -0.05) is 36.7 Å². The summed E-state index contributed by atoms with van der Waals surface area (Å²) in [5.74, 6) is -0.330. The van der Waals surface area contributed by atoms with Gasteiger partial charge in [-0.15, -0.1) is 0 Å². The van der Waals surface area contributed by atoms with E-state index >= 15 is 0 Å². The fraction of sp³-hybridized carbons (Fsp3) is 0.222. The van der Waals surface area contributed by atoms with Crippen molar-refractivity contribution in [3.05, 3.63) is 65.1 Å². The topological polar surface area (TPSA) is 44.1 Å². The molecule has 2 aromatic heterocycles. The third-order valence-electron chi connectivity index (χ3n) is 3.63. The number of benzene rings is 1. The van der Waals surface area contributed by atoms with Crippen LogP contribution in [0.5, 0.6) is 0 Å². The number of pyridine rings is 1. The van der Waals surface area contributed by atoms with Gasteiger partial charge in [0.15, 0.2) is 0 Å². The minimum absolute atomic E-state index is 0.175. The minimum atomic E-state index is -0.330. The van der Waals surface area contributed by atoms with Gasteiger partial charge in [-0.3, -0.25) is 0 Å². The molecule has 2 heterocycles. The summed E-state index contributed by atoms with van der Waals surface area (Å²) in [5, 5.41) is 1.30. The standard InChI is InChI=1S/C18H17ClN2O2/c1-2-9-21-11-15(14-5-3-4-6-16(14)21)18(22)23-12-13-7-8-20-17(19)10-13/h3-8,10-11H,2,9,12H2,1H3. The lowest BCUT2D eigenvalue weighted by Crippen LogP contribution is -2.05. The molecule has 0 amide bonds. The summed E-state index contributed by atoms with van der Waals surface area (Å²) < 4.78 is 7.52. The average Bonchev–Trinajstić information content (AvgIpc) is 2.92. The zero-order valence-electron chi connectivity index (χ0n) is 12.8. The van der Waals surface area contributed by atoms with Gasteiger partial charge in [-0.25, -0.2) is 9.78 Å². The lowest BCUT2D eigenvalue weighted by molar-refractivity contribution is 0.0474. The largest absolute Gasteiger partial charge is 0.457 e. The fourth-order valence-electron chi connectivity index (χ4n) is 2.59. The maximum absolute atomic E-state index is 12.5. The summed E-state index contributed by atoms with van der Waals surface area (Å²) in [6, 6.07) is 11.3. The van der Waals surface area contributed by atoms with Crippen molar-refractivity contribution in [2.75, 3.05) is 0 Å². The first-order valence-corrected chi connectivity index (χ1v) is 7.92. The van der Waals surface area contributed by atoms with Crippen molar-refractivity contribution in [1.29, 1.82) is 0 Å². The van der Waals surface area contributed by atoms with Crippen molar-refractivity contribution < 1.29 is 9.53 Å². The van der Waals surface area contributed by atoms with Gasteiger partial charge < -0.3 is 9.30 Å². The van der Waals surface area contributed by atoms with Crippen molar-refractivity contribution in [1.82, 2.24) is 9.55 Å². The molecule has 118 valence electrons. The molecule has 0 N–H and O–H groups in total. The number of esters is 1. The molecule has 1 aromatic carbocycles. The van der Waals surface area contributed by atoms with Crippen LogP contribution in [0.1, 0.15) is 29.3 Å². The number of halogens is 1. The molecular formula is C18H17ClN2O2. The number of rotatable bonds is 5. The van der Waals surface area contributed by atoms with Crippen LogP contribution in [0.15, 0.2) is 48.8 Å². The number of ether oxygens (including phenoxy) is 1. The van der Waals surface area contributed by atoms with Gasteiger partial charge in [-0.05, 0) is 30.2 Å². The fourth-order valence-corrected chi connectivity index (χ4v) is 2.79. The second-order valence-electron chi connectivity index (χ2n) is 5.32. The van der Waals surface area contributed by atoms with Crippen LogP contribution in [0.3, 0.4) is 0 Å². The Morgan fingerprint density at radius 2 is 2.13 bits per heavy atom. The zero-order valence-corrected chi connectivity index (χ0v) is 13.6. The normalized spacial score (nSPS) is 10.9. The van der Waals surface area contributed by atoms with E-state index in [4.69, 9.17) is 16.3 Å². The molecule has 0 aliphatic carbocycles. The van der Waals surface area contributed by atoms with Crippen LogP contribution >= 0.6 is 11.6 Å². The SMILES string of the molecule is CCCn1cc(C(=O)OCc2ccnc(Cl)c2)c2ccccc21. The number of fused-ring (bicyclic) bond motifs is 1. The number of para-hydroxylation sites is 1. The van der Waals surface area contributed by atoms with Crippen molar-refractivity contribution in [3.63, 3.8) is 0 Å². The first-order chi connectivity index (χ1) is 11.2. The van der Waals surface area contributed by atoms with E-state index < -0.39 is 0 Å². The Balaban J connectivity index is 1.83. The predicted molar refractivity (Wildman–Crippen MR) is 90.6 cm³/mol. The molecule has 0 fully saturated rings. The number of hydrogen-bond acceptors (Lipinski definition) is 3. The molecule has 3 aromatic rings. The molecule has 4 nitrogen and oxygen atoms in total. The van der Waals surface area contributed by atoms with Crippen molar-refractivity contribution in [2.24, 2.45) is 0 Å². The molecule has 0 unspecified atom stereocenters. The first kappa shape index (κ1) is 15.6.